The molecule has 0 aliphatic heterocycles. The molecule has 4 heteroatoms. The molecule has 4 nitrogen and oxygen atoms in total. The van der Waals surface area contributed by atoms with Crippen LogP contribution in [-0.2, 0) is 23.7 Å². The van der Waals surface area contributed by atoms with Crippen LogP contribution in [0.15, 0.2) is 11.6 Å². The predicted molar refractivity (Wildman–Crippen MR) is 79.6 cm³/mol. The first-order chi connectivity index (χ1) is 9.73. The zero-order valence-electron chi connectivity index (χ0n) is 13.3. The number of rotatable bonds is 0. The van der Waals surface area contributed by atoms with Gasteiger partial charge in [0.1, 0.15) is 6.07 Å². The van der Waals surface area contributed by atoms with E-state index >= 15 is 0 Å². The van der Waals surface area contributed by atoms with Gasteiger partial charge in [-0.1, -0.05) is 26.8 Å². The van der Waals surface area contributed by atoms with E-state index in [9.17, 15) is 10.1 Å². The topological polar surface area (TPSA) is 58.7 Å². The van der Waals surface area contributed by atoms with Gasteiger partial charge in [-0.15, -0.1) is 0 Å². The van der Waals surface area contributed by atoms with Crippen LogP contribution in [0.25, 0.3) is 0 Å². The van der Waals surface area contributed by atoms with E-state index in [2.05, 4.69) is 19.9 Å². The molecule has 0 spiro atoms. The Hall–Kier alpha value is -1.89. The van der Waals surface area contributed by atoms with E-state index in [0.29, 0.717) is 0 Å². The molecule has 110 valence electrons. The molecule has 21 heavy (non-hydrogen) atoms. The van der Waals surface area contributed by atoms with E-state index in [1.54, 1.807) is 0 Å². The molecule has 2 atom stereocenters. The van der Waals surface area contributed by atoms with Gasteiger partial charge >= 0.3 is 0 Å². The van der Waals surface area contributed by atoms with Crippen molar-refractivity contribution >= 4 is 5.78 Å². The quantitative estimate of drug-likeness (QED) is 0.735. The Labute approximate surface area is 125 Å². The first-order valence-electron chi connectivity index (χ1n) is 7.44. The molecule has 3 rings (SSSR count). The van der Waals surface area contributed by atoms with Gasteiger partial charge in [0.2, 0.25) is 0 Å². The highest BCUT2D eigenvalue weighted by molar-refractivity contribution is 6.04. The second kappa shape index (κ2) is 4.07. The van der Waals surface area contributed by atoms with Crippen molar-refractivity contribution in [2.24, 2.45) is 18.4 Å². The van der Waals surface area contributed by atoms with Gasteiger partial charge in [-0.05, 0) is 31.2 Å². The summed E-state index contributed by atoms with van der Waals surface area (Å²) >= 11 is 0. The summed E-state index contributed by atoms with van der Waals surface area (Å²) in [6.45, 7) is 8.17. The van der Waals surface area contributed by atoms with E-state index in [-0.39, 0.29) is 22.7 Å². The third-order valence-corrected chi connectivity index (χ3v) is 5.64. The molecule has 1 aromatic rings. The third-order valence-electron chi connectivity index (χ3n) is 5.64. The van der Waals surface area contributed by atoms with Gasteiger partial charge in [-0.3, -0.25) is 9.48 Å². The van der Waals surface area contributed by atoms with Gasteiger partial charge in [0, 0.05) is 23.6 Å². The van der Waals surface area contributed by atoms with Crippen molar-refractivity contribution in [2.45, 2.75) is 46.0 Å². The average molecular weight is 283 g/mol. The van der Waals surface area contributed by atoms with Crippen LogP contribution >= 0.6 is 0 Å². The highest BCUT2D eigenvalue weighted by Gasteiger charge is 2.55. The van der Waals surface area contributed by atoms with Crippen molar-refractivity contribution in [1.82, 2.24) is 9.78 Å². The first kappa shape index (κ1) is 14.1. The maximum absolute atomic E-state index is 12.5. The van der Waals surface area contributed by atoms with Gasteiger partial charge in [-0.2, -0.15) is 10.4 Å². The number of nitrogens with zero attached hydrogens (tertiary/aromatic N) is 3. The molecule has 0 aromatic carbocycles. The van der Waals surface area contributed by atoms with Gasteiger partial charge in [0.25, 0.3) is 0 Å². The van der Waals surface area contributed by atoms with Gasteiger partial charge in [-0.25, -0.2) is 0 Å². The molecule has 2 unspecified atom stereocenters. The van der Waals surface area contributed by atoms with Crippen molar-refractivity contribution in [2.75, 3.05) is 0 Å². The summed E-state index contributed by atoms with van der Waals surface area (Å²) in [5.74, 6) is 0.167. The molecular weight excluding hydrogens is 262 g/mol. The molecule has 0 radical (unpaired) electrons. The number of fused-ring (bicyclic) bond motifs is 3. The van der Waals surface area contributed by atoms with Crippen LogP contribution in [-0.4, -0.2) is 15.6 Å². The fourth-order valence-corrected chi connectivity index (χ4v) is 4.37. The average Bonchev–Trinajstić information content (AvgIpc) is 2.72. The Kier molecular flexibility index (Phi) is 2.72. The van der Waals surface area contributed by atoms with Crippen molar-refractivity contribution in [3.05, 3.63) is 28.6 Å². The van der Waals surface area contributed by atoms with Crippen molar-refractivity contribution in [1.29, 1.82) is 5.26 Å². The van der Waals surface area contributed by atoms with E-state index < -0.39 is 5.41 Å². The maximum atomic E-state index is 12.5. The number of ketones is 1. The van der Waals surface area contributed by atoms with Crippen molar-refractivity contribution < 1.29 is 4.79 Å². The van der Waals surface area contributed by atoms with E-state index in [1.165, 1.54) is 11.3 Å². The standard InChI is InChI=1S/C17H21N3O/c1-10-12-6-7-13-16(2,3)15(21)11(9-18)8-17(13,4)14(12)19-20(10)5/h8,13H,6-7H2,1-5H3. The zero-order chi connectivity index (χ0) is 15.6. The molecule has 1 heterocycles. The Balaban J connectivity index is 2.30. The Morgan fingerprint density at radius 3 is 2.71 bits per heavy atom. The van der Waals surface area contributed by atoms with Crippen molar-refractivity contribution in [3.8, 4) is 6.07 Å². The first-order valence-corrected chi connectivity index (χ1v) is 7.44. The second-order valence-corrected chi connectivity index (χ2v) is 7.13. The van der Waals surface area contributed by atoms with Crippen LogP contribution in [0.2, 0.25) is 0 Å². The molecule has 0 bridgehead atoms. The highest BCUT2D eigenvalue weighted by Crippen LogP contribution is 2.54. The summed E-state index contributed by atoms with van der Waals surface area (Å²) in [7, 11) is 1.96. The Bertz CT molecular complexity index is 717. The number of aromatic nitrogens is 2. The molecule has 0 saturated carbocycles. The minimum Gasteiger partial charge on any atom is -0.293 e. The molecule has 1 aromatic heterocycles. The number of carbonyl (C=O) groups is 1. The van der Waals surface area contributed by atoms with Gasteiger partial charge in [0.05, 0.1) is 11.3 Å². The highest BCUT2D eigenvalue weighted by atomic mass is 16.1. The lowest BCUT2D eigenvalue weighted by atomic mass is 9.52. The van der Waals surface area contributed by atoms with Crippen LogP contribution < -0.4 is 0 Å². The number of hydrogen-bond donors (Lipinski definition) is 0. The fourth-order valence-electron chi connectivity index (χ4n) is 4.37. The number of hydrogen-bond acceptors (Lipinski definition) is 3. The van der Waals surface area contributed by atoms with E-state index in [4.69, 9.17) is 5.10 Å². The second-order valence-electron chi connectivity index (χ2n) is 7.13. The van der Waals surface area contributed by atoms with Crippen LogP contribution in [0.3, 0.4) is 0 Å². The minimum absolute atomic E-state index is 0.0245. The molecule has 0 saturated heterocycles. The summed E-state index contributed by atoms with van der Waals surface area (Å²) < 4.78 is 1.92. The monoisotopic (exact) mass is 283 g/mol. The molecule has 2 aliphatic rings. The molecule has 0 amide bonds. The SMILES string of the molecule is Cc1c2c(nn1C)C1(C)C=C(C#N)C(=O)C(C)(C)C1CC2. The van der Waals surface area contributed by atoms with Crippen LogP contribution in [0.1, 0.15) is 44.1 Å². The Morgan fingerprint density at radius 2 is 2.10 bits per heavy atom. The Morgan fingerprint density at radius 1 is 1.43 bits per heavy atom. The number of allylic oxidation sites excluding steroid dienone is 2. The zero-order valence-corrected chi connectivity index (χ0v) is 13.3. The lowest BCUT2D eigenvalue weighted by molar-refractivity contribution is -0.128. The van der Waals surface area contributed by atoms with Gasteiger partial charge in [0.15, 0.2) is 5.78 Å². The normalized spacial score (nSPS) is 30.2. The maximum Gasteiger partial charge on any atom is 0.178 e. The third kappa shape index (κ3) is 1.61. The van der Waals surface area contributed by atoms with Crippen LogP contribution in [0, 0.1) is 29.6 Å². The number of Topliss-reactive ketones (excluding diaryl/α,β-unsaturated/α-hetero) is 1. The molecule has 2 aliphatic carbocycles. The van der Waals surface area contributed by atoms with Gasteiger partial charge < -0.3 is 0 Å². The fraction of sp³-hybridized carbons (Fsp3) is 0.588. The lowest BCUT2D eigenvalue weighted by Gasteiger charge is -2.49. The van der Waals surface area contributed by atoms with Crippen LogP contribution in [0.5, 0.6) is 0 Å². The smallest absolute Gasteiger partial charge is 0.178 e. The van der Waals surface area contributed by atoms with E-state index in [0.717, 1.165) is 18.5 Å². The molecular formula is C17H21N3O. The number of carbonyl (C=O) groups excluding carboxylic acids is 1. The minimum atomic E-state index is -0.516. The van der Waals surface area contributed by atoms with Crippen LogP contribution in [0.4, 0.5) is 0 Å². The molecule has 0 fully saturated rings. The summed E-state index contributed by atoms with van der Waals surface area (Å²) in [6.07, 6.45) is 3.79. The van der Waals surface area contributed by atoms with E-state index in [1.807, 2.05) is 31.7 Å². The summed E-state index contributed by atoms with van der Waals surface area (Å²) in [4.78, 5) is 12.5. The van der Waals surface area contributed by atoms with Crippen molar-refractivity contribution in [3.63, 3.8) is 0 Å². The summed E-state index contributed by atoms with van der Waals surface area (Å²) in [6, 6.07) is 2.10. The molecule has 0 N–H and O–H groups in total. The lowest BCUT2D eigenvalue weighted by Crippen LogP contribution is -2.51. The predicted octanol–water partition coefficient (Wildman–Crippen LogP) is 2.61. The number of aryl methyl sites for hydroxylation is 1. The summed E-state index contributed by atoms with van der Waals surface area (Å²) in [5, 5.41) is 14.1. The summed E-state index contributed by atoms with van der Waals surface area (Å²) in [5.41, 5.74) is 2.96. The largest absolute Gasteiger partial charge is 0.293 e. The number of nitriles is 1.